The van der Waals surface area contributed by atoms with Crippen molar-refractivity contribution >= 4 is 17.7 Å². The Balaban J connectivity index is 1.92. The van der Waals surface area contributed by atoms with Crippen LogP contribution in [0, 0.1) is 0 Å². The van der Waals surface area contributed by atoms with Gasteiger partial charge in [-0.15, -0.1) is 0 Å². The molecule has 2 atom stereocenters. The van der Waals surface area contributed by atoms with Crippen molar-refractivity contribution in [2.75, 3.05) is 13.1 Å². The lowest BCUT2D eigenvalue weighted by atomic mass is 10.1. The number of rotatable bonds is 6. The second-order valence-corrected chi connectivity index (χ2v) is 6.24. The molecular formula is C18H25N3O3. The first kappa shape index (κ1) is 18.0. The first-order valence-electron chi connectivity index (χ1n) is 8.35. The van der Waals surface area contributed by atoms with Gasteiger partial charge in [0.2, 0.25) is 17.7 Å². The van der Waals surface area contributed by atoms with Crippen LogP contribution in [-0.2, 0) is 20.8 Å². The molecule has 1 aromatic rings. The van der Waals surface area contributed by atoms with Crippen LogP contribution in [0.25, 0.3) is 0 Å². The first-order chi connectivity index (χ1) is 11.5. The Bertz CT molecular complexity index is 588. The minimum atomic E-state index is -0.686. The highest BCUT2D eigenvalue weighted by Gasteiger charge is 2.26. The van der Waals surface area contributed by atoms with Crippen LogP contribution in [0.5, 0.6) is 0 Å². The summed E-state index contributed by atoms with van der Waals surface area (Å²) in [5.74, 6) is -0.686. The van der Waals surface area contributed by atoms with Crippen molar-refractivity contribution in [3.63, 3.8) is 0 Å². The molecule has 6 nitrogen and oxygen atoms in total. The number of benzene rings is 1. The molecule has 1 aromatic carbocycles. The average molecular weight is 331 g/mol. The maximum Gasteiger partial charge on any atom is 0.243 e. The molecule has 3 amide bonds. The van der Waals surface area contributed by atoms with Crippen LogP contribution in [-0.4, -0.2) is 47.8 Å². The molecule has 0 radical (unpaired) electrons. The number of carbonyl (C=O) groups is 3. The van der Waals surface area contributed by atoms with Gasteiger partial charge < -0.3 is 15.5 Å². The molecule has 6 heteroatoms. The highest BCUT2D eigenvalue weighted by molar-refractivity contribution is 5.90. The fourth-order valence-electron chi connectivity index (χ4n) is 3.00. The van der Waals surface area contributed by atoms with E-state index in [2.05, 4.69) is 10.6 Å². The summed E-state index contributed by atoms with van der Waals surface area (Å²) in [5.41, 5.74) is 0.950. The topological polar surface area (TPSA) is 78.5 Å². The Kier molecular flexibility index (Phi) is 6.35. The molecule has 1 heterocycles. The van der Waals surface area contributed by atoms with Gasteiger partial charge in [0, 0.05) is 25.9 Å². The predicted octanol–water partition coefficient (Wildman–Crippen LogP) is 0.861. The normalized spacial score (nSPS) is 18.1. The summed E-state index contributed by atoms with van der Waals surface area (Å²) < 4.78 is 0. The summed E-state index contributed by atoms with van der Waals surface area (Å²) in [4.78, 5) is 37.7. The van der Waals surface area contributed by atoms with Gasteiger partial charge in [0.1, 0.15) is 6.04 Å². The number of hydrogen-bond donors (Lipinski definition) is 2. The molecule has 2 N–H and O–H groups in total. The minimum Gasteiger partial charge on any atom is -0.345 e. The van der Waals surface area contributed by atoms with E-state index in [1.807, 2.05) is 37.3 Å². The second kappa shape index (κ2) is 8.47. The van der Waals surface area contributed by atoms with Crippen LogP contribution in [0.3, 0.4) is 0 Å². The number of nitrogens with one attached hydrogen (secondary N) is 2. The lowest BCUT2D eigenvalue weighted by Gasteiger charge is -2.23. The Morgan fingerprint density at radius 2 is 1.96 bits per heavy atom. The molecule has 1 aliphatic heterocycles. The van der Waals surface area contributed by atoms with Gasteiger partial charge in [0.25, 0.3) is 0 Å². The van der Waals surface area contributed by atoms with E-state index in [-0.39, 0.29) is 30.3 Å². The molecule has 24 heavy (non-hydrogen) atoms. The number of carbonyl (C=O) groups excluding carboxylic acids is 3. The third kappa shape index (κ3) is 5.08. The van der Waals surface area contributed by atoms with Crippen LogP contribution >= 0.6 is 0 Å². The number of likely N-dealkylation sites (tertiary alicyclic amines) is 1. The SMILES string of the molecule is CC(=O)NC(Cc1ccccc1)C(=O)NCC(=O)N1CCCC1C. The maximum absolute atomic E-state index is 12.4. The predicted molar refractivity (Wildman–Crippen MR) is 91.2 cm³/mol. The molecule has 0 saturated carbocycles. The molecule has 1 saturated heterocycles. The van der Waals surface area contributed by atoms with Crippen LogP contribution in [0.1, 0.15) is 32.3 Å². The zero-order chi connectivity index (χ0) is 17.5. The van der Waals surface area contributed by atoms with Gasteiger partial charge in [-0.3, -0.25) is 14.4 Å². The molecule has 0 aromatic heterocycles. The first-order valence-corrected chi connectivity index (χ1v) is 8.35. The highest BCUT2D eigenvalue weighted by atomic mass is 16.2. The van der Waals surface area contributed by atoms with Crippen LogP contribution in [0.4, 0.5) is 0 Å². The molecule has 0 spiro atoms. The van der Waals surface area contributed by atoms with E-state index in [0.29, 0.717) is 6.42 Å². The summed E-state index contributed by atoms with van der Waals surface area (Å²) in [5, 5.41) is 5.32. The highest BCUT2D eigenvalue weighted by Crippen LogP contribution is 2.15. The summed E-state index contributed by atoms with van der Waals surface area (Å²) in [7, 11) is 0. The number of amides is 3. The largest absolute Gasteiger partial charge is 0.345 e. The van der Waals surface area contributed by atoms with Crippen molar-refractivity contribution < 1.29 is 14.4 Å². The summed E-state index contributed by atoms with van der Waals surface area (Å²) in [6.07, 6.45) is 2.39. The zero-order valence-corrected chi connectivity index (χ0v) is 14.2. The quantitative estimate of drug-likeness (QED) is 0.811. The van der Waals surface area contributed by atoms with Crippen LogP contribution in [0.15, 0.2) is 30.3 Å². The Labute approximate surface area is 142 Å². The monoisotopic (exact) mass is 331 g/mol. The van der Waals surface area contributed by atoms with Crippen molar-refractivity contribution in [1.82, 2.24) is 15.5 Å². The van der Waals surface area contributed by atoms with Crippen molar-refractivity contribution in [1.29, 1.82) is 0 Å². The van der Waals surface area contributed by atoms with E-state index in [1.54, 1.807) is 4.90 Å². The van der Waals surface area contributed by atoms with E-state index >= 15 is 0 Å². The van der Waals surface area contributed by atoms with E-state index in [0.717, 1.165) is 24.9 Å². The van der Waals surface area contributed by atoms with E-state index in [1.165, 1.54) is 6.92 Å². The van der Waals surface area contributed by atoms with E-state index < -0.39 is 6.04 Å². The fourth-order valence-corrected chi connectivity index (χ4v) is 3.00. The Hall–Kier alpha value is -2.37. The average Bonchev–Trinajstić information content (AvgIpc) is 2.98. The van der Waals surface area contributed by atoms with Crippen molar-refractivity contribution in [2.24, 2.45) is 0 Å². The lowest BCUT2D eigenvalue weighted by molar-refractivity contribution is -0.134. The number of nitrogens with zero attached hydrogens (tertiary/aromatic N) is 1. The fraction of sp³-hybridized carbons (Fsp3) is 0.500. The molecule has 0 bridgehead atoms. The molecule has 2 unspecified atom stereocenters. The van der Waals surface area contributed by atoms with Gasteiger partial charge in [-0.1, -0.05) is 30.3 Å². The van der Waals surface area contributed by atoms with Crippen molar-refractivity contribution in [2.45, 2.75) is 45.2 Å². The van der Waals surface area contributed by atoms with Crippen LogP contribution in [0.2, 0.25) is 0 Å². The standard InChI is InChI=1S/C18H25N3O3/c1-13-7-6-10-21(13)17(23)12-19-18(24)16(20-14(2)22)11-15-8-4-3-5-9-15/h3-5,8-9,13,16H,6-7,10-12H2,1-2H3,(H,19,24)(H,20,22). The molecular weight excluding hydrogens is 306 g/mol. The summed E-state index contributed by atoms with van der Waals surface area (Å²) >= 11 is 0. The van der Waals surface area contributed by atoms with Gasteiger partial charge in [0.15, 0.2) is 0 Å². The second-order valence-electron chi connectivity index (χ2n) is 6.24. The molecule has 1 aliphatic rings. The Morgan fingerprint density at radius 1 is 1.25 bits per heavy atom. The number of hydrogen-bond acceptors (Lipinski definition) is 3. The third-order valence-corrected chi connectivity index (χ3v) is 4.26. The van der Waals surface area contributed by atoms with Gasteiger partial charge in [0.05, 0.1) is 6.54 Å². The molecule has 0 aliphatic carbocycles. The van der Waals surface area contributed by atoms with Crippen molar-refractivity contribution in [3.05, 3.63) is 35.9 Å². The third-order valence-electron chi connectivity index (χ3n) is 4.26. The summed E-state index contributed by atoms with van der Waals surface area (Å²) in [6, 6.07) is 9.01. The smallest absolute Gasteiger partial charge is 0.243 e. The van der Waals surface area contributed by atoms with Gasteiger partial charge >= 0.3 is 0 Å². The maximum atomic E-state index is 12.4. The lowest BCUT2D eigenvalue weighted by Crippen LogP contribution is -2.50. The Morgan fingerprint density at radius 3 is 2.54 bits per heavy atom. The van der Waals surface area contributed by atoms with Gasteiger partial charge in [-0.2, -0.15) is 0 Å². The molecule has 130 valence electrons. The van der Waals surface area contributed by atoms with Gasteiger partial charge in [-0.25, -0.2) is 0 Å². The molecule has 2 rings (SSSR count). The van der Waals surface area contributed by atoms with Gasteiger partial charge in [-0.05, 0) is 25.3 Å². The van der Waals surface area contributed by atoms with Crippen LogP contribution < -0.4 is 10.6 Å². The minimum absolute atomic E-state index is 0.0337. The molecule has 1 fully saturated rings. The van der Waals surface area contributed by atoms with Crippen molar-refractivity contribution in [3.8, 4) is 0 Å². The summed E-state index contributed by atoms with van der Waals surface area (Å²) in [6.45, 7) is 4.10. The van der Waals surface area contributed by atoms with E-state index in [9.17, 15) is 14.4 Å². The van der Waals surface area contributed by atoms with E-state index in [4.69, 9.17) is 0 Å². The zero-order valence-electron chi connectivity index (χ0n) is 14.2.